The SMILES string of the molecule is O=C(Nc1cn[nH]c1-c1ccccn1)N1CCC(O)CC12CC2. The van der Waals surface area contributed by atoms with Gasteiger partial charge in [0, 0.05) is 18.3 Å². The molecule has 2 aromatic heterocycles. The number of hydrogen-bond donors (Lipinski definition) is 3. The molecule has 7 nitrogen and oxygen atoms in total. The number of carbonyl (C=O) groups is 1. The predicted molar refractivity (Wildman–Crippen MR) is 84.7 cm³/mol. The molecule has 1 aliphatic carbocycles. The van der Waals surface area contributed by atoms with Crippen LogP contribution in [0.5, 0.6) is 0 Å². The molecule has 7 heteroatoms. The van der Waals surface area contributed by atoms with E-state index in [-0.39, 0.29) is 17.7 Å². The van der Waals surface area contributed by atoms with Crippen LogP contribution >= 0.6 is 0 Å². The molecule has 120 valence electrons. The van der Waals surface area contributed by atoms with Crippen LogP contribution in [0, 0.1) is 0 Å². The Hall–Kier alpha value is -2.41. The van der Waals surface area contributed by atoms with Gasteiger partial charge in [0.1, 0.15) is 5.69 Å². The van der Waals surface area contributed by atoms with E-state index >= 15 is 0 Å². The van der Waals surface area contributed by atoms with E-state index in [1.165, 1.54) is 0 Å². The maximum atomic E-state index is 12.7. The highest BCUT2D eigenvalue weighted by molar-refractivity contribution is 5.93. The van der Waals surface area contributed by atoms with Gasteiger partial charge < -0.3 is 15.3 Å². The van der Waals surface area contributed by atoms with Gasteiger partial charge in [-0.15, -0.1) is 0 Å². The van der Waals surface area contributed by atoms with Crippen LogP contribution in [0.4, 0.5) is 10.5 Å². The number of nitrogens with one attached hydrogen (secondary N) is 2. The van der Waals surface area contributed by atoms with Crippen LogP contribution in [0.2, 0.25) is 0 Å². The number of aromatic nitrogens is 3. The number of hydrogen-bond acceptors (Lipinski definition) is 4. The number of likely N-dealkylation sites (tertiary alicyclic amines) is 1. The third kappa shape index (κ3) is 2.57. The first-order chi connectivity index (χ1) is 11.2. The minimum Gasteiger partial charge on any atom is -0.393 e. The van der Waals surface area contributed by atoms with Crippen molar-refractivity contribution < 1.29 is 9.90 Å². The van der Waals surface area contributed by atoms with Crippen LogP contribution in [0.1, 0.15) is 25.7 Å². The highest BCUT2D eigenvalue weighted by Gasteiger charge is 2.53. The second-order valence-corrected chi connectivity index (χ2v) is 6.33. The lowest BCUT2D eigenvalue weighted by Gasteiger charge is -2.38. The van der Waals surface area contributed by atoms with Crippen LogP contribution in [-0.2, 0) is 0 Å². The maximum Gasteiger partial charge on any atom is 0.322 e. The Morgan fingerprint density at radius 1 is 1.43 bits per heavy atom. The lowest BCUT2D eigenvalue weighted by molar-refractivity contribution is 0.0527. The Morgan fingerprint density at radius 3 is 3.04 bits per heavy atom. The van der Waals surface area contributed by atoms with Gasteiger partial charge in [-0.05, 0) is 37.8 Å². The largest absolute Gasteiger partial charge is 0.393 e. The molecule has 0 radical (unpaired) electrons. The van der Waals surface area contributed by atoms with E-state index in [0.29, 0.717) is 30.8 Å². The van der Waals surface area contributed by atoms with Gasteiger partial charge >= 0.3 is 6.03 Å². The summed E-state index contributed by atoms with van der Waals surface area (Å²) in [5, 5.41) is 19.7. The summed E-state index contributed by atoms with van der Waals surface area (Å²) in [5.74, 6) is 0. The number of anilines is 1. The van der Waals surface area contributed by atoms with E-state index in [4.69, 9.17) is 0 Å². The van der Waals surface area contributed by atoms with Gasteiger partial charge in [0.05, 0.1) is 23.7 Å². The first-order valence-corrected chi connectivity index (χ1v) is 7.89. The monoisotopic (exact) mass is 313 g/mol. The highest BCUT2D eigenvalue weighted by atomic mass is 16.3. The van der Waals surface area contributed by atoms with E-state index in [0.717, 1.165) is 18.5 Å². The first kappa shape index (κ1) is 14.2. The standard InChI is InChI=1S/C16H19N5O2/c22-11-4-8-21(16(9-11)5-6-16)15(23)19-13-10-18-20-14(13)12-3-1-2-7-17-12/h1-3,7,10-11,22H,4-6,8-9H2,(H,18,20)(H,19,23). The number of amides is 2. The minimum absolute atomic E-state index is 0.131. The number of piperidine rings is 1. The Labute approximate surface area is 133 Å². The van der Waals surface area contributed by atoms with Crippen molar-refractivity contribution >= 4 is 11.7 Å². The molecule has 1 atom stereocenters. The molecule has 1 saturated heterocycles. The van der Waals surface area contributed by atoms with Gasteiger partial charge in [-0.2, -0.15) is 5.10 Å². The minimum atomic E-state index is -0.292. The number of rotatable bonds is 2. The molecule has 4 rings (SSSR count). The van der Waals surface area contributed by atoms with Crippen molar-refractivity contribution in [3.8, 4) is 11.4 Å². The fraction of sp³-hybridized carbons (Fsp3) is 0.438. The van der Waals surface area contributed by atoms with Crippen LogP contribution in [0.25, 0.3) is 11.4 Å². The fourth-order valence-electron chi connectivity index (χ4n) is 3.37. The van der Waals surface area contributed by atoms with Crippen molar-refractivity contribution in [2.24, 2.45) is 0 Å². The highest BCUT2D eigenvalue weighted by Crippen LogP contribution is 2.48. The lowest BCUT2D eigenvalue weighted by Crippen LogP contribution is -2.51. The third-order valence-corrected chi connectivity index (χ3v) is 4.75. The normalized spacial score (nSPS) is 22.1. The quantitative estimate of drug-likeness (QED) is 0.790. The molecule has 2 fully saturated rings. The molecular weight excluding hydrogens is 294 g/mol. The van der Waals surface area contributed by atoms with E-state index in [9.17, 15) is 9.90 Å². The molecule has 2 amide bonds. The van der Waals surface area contributed by atoms with Crippen LogP contribution in [0.15, 0.2) is 30.6 Å². The smallest absolute Gasteiger partial charge is 0.322 e. The van der Waals surface area contributed by atoms with Gasteiger partial charge in [0.25, 0.3) is 0 Å². The van der Waals surface area contributed by atoms with Crippen LogP contribution in [-0.4, -0.2) is 49.4 Å². The topological polar surface area (TPSA) is 94.1 Å². The van der Waals surface area contributed by atoms with Gasteiger partial charge in [-0.1, -0.05) is 6.07 Å². The summed E-state index contributed by atoms with van der Waals surface area (Å²) in [6, 6.07) is 5.46. The Morgan fingerprint density at radius 2 is 2.30 bits per heavy atom. The molecule has 3 N–H and O–H groups in total. The number of urea groups is 1. The zero-order valence-electron chi connectivity index (χ0n) is 12.7. The van der Waals surface area contributed by atoms with E-state index in [2.05, 4.69) is 20.5 Å². The van der Waals surface area contributed by atoms with Crippen molar-refractivity contribution in [2.45, 2.75) is 37.3 Å². The molecule has 2 aromatic rings. The molecule has 23 heavy (non-hydrogen) atoms. The zero-order chi connectivity index (χ0) is 15.9. The lowest BCUT2D eigenvalue weighted by atomic mass is 9.98. The molecule has 1 saturated carbocycles. The van der Waals surface area contributed by atoms with Crippen molar-refractivity contribution in [1.29, 1.82) is 0 Å². The maximum absolute atomic E-state index is 12.7. The van der Waals surface area contributed by atoms with Crippen molar-refractivity contribution in [1.82, 2.24) is 20.1 Å². The Balaban J connectivity index is 1.53. The molecule has 1 spiro atoms. The molecule has 0 aromatic carbocycles. The number of aliphatic hydroxyl groups is 1. The second-order valence-electron chi connectivity index (χ2n) is 6.33. The third-order valence-electron chi connectivity index (χ3n) is 4.75. The number of aromatic amines is 1. The number of aliphatic hydroxyl groups excluding tert-OH is 1. The number of pyridine rings is 1. The van der Waals surface area contributed by atoms with Crippen molar-refractivity contribution in [2.75, 3.05) is 11.9 Å². The number of H-pyrrole nitrogens is 1. The average molecular weight is 313 g/mol. The fourth-order valence-corrected chi connectivity index (χ4v) is 3.37. The van der Waals surface area contributed by atoms with Gasteiger partial charge in [0.2, 0.25) is 0 Å². The van der Waals surface area contributed by atoms with Crippen molar-refractivity contribution in [3.05, 3.63) is 30.6 Å². The molecule has 1 unspecified atom stereocenters. The summed E-state index contributed by atoms with van der Waals surface area (Å²) in [4.78, 5) is 18.8. The number of nitrogens with zero attached hydrogens (tertiary/aromatic N) is 3. The molecular formula is C16H19N5O2. The summed E-state index contributed by atoms with van der Waals surface area (Å²) >= 11 is 0. The first-order valence-electron chi connectivity index (χ1n) is 7.89. The van der Waals surface area contributed by atoms with Gasteiger partial charge in [-0.25, -0.2) is 4.79 Å². The number of carbonyl (C=O) groups excluding carboxylic acids is 1. The Bertz CT molecular complexity index is 710. The van der Waals surface area contributed by atoms with Gasteiger partial charge in [-0.3, -0.25) is 10.1 Å². The predicted octanol–water partition coefficient (Wildman–Crippen LogP) is 1.99. The molecule has 3 heterocycles. The molecule has 2 aliphatic rings. The second kappa shape index (κ2) is 5.34. The van der Waals surface area contributed by atoms with E-state index in [1.807, 2.05) is 23.1 Å². The molecule has 0 bridgehead atoms. The van der Waals surface area contributed by atoms with Gasteiger partial charge in [0.15, 0.2) is 0 Å². The van der Waals surface area contributed by atoms with Crippen LogP contribution < -0.4 is 5.32 Å². The molecule has 1 aliphatic heterocycles. The van der Waals surface area contributed by atoms with Crippen LogP contribution in [0.3, 0.4) is 0 Å². The van der Waals surface area contributed by atoms with E-state index < -0.39 is 0 Å². The zero-order valence-corrected chi connectivity index (χ0v) is 12.7. The van der Waals surface area contributed by atoms with E-state index in [1.54, 1.807) is 12.4 Å². The van der Waals surface area contributed by atoms with Crippen molar-refractivity contribution in [3.63, 3.8) is 0 Å². The summed E-state index contributed by atoms with van der Waals surface area (Å²) in [7, 11) is 0. The summed E-state index contributed by atoms with van der Waals surface area (Å²) in [6.45, 7) is 0.587. The Kier molecular flexibility index (Phi) is 3.30. The summed E-state index contributed by atoms with van der Waals surface area (Å²) in [5.41, 5.74) is 1.91. The summed E-state index contributed by atoms with van der Waals surface area (Å²) in [6.07, 6.45) is 6.26. The average Bonchev–Trinajstić information content (AvgIpc) is 3.14. The summed E-state index contributed by atoms with van der Waals surface area (Å²) < 4.78 is 0.